The summed E-state index contributed by atoms with van der Waals surface area (Å²) in [5, 5.41) is 0. The number of aryl methyl sites for hydroxylation is 2. The summed E-state index contributed by atoms with van der Waals surface area (Å²) in [6.07, 6.45) is 19.3. The number of fused-ring (bicyclic) bond motifs is 4. The van der Waals surface area contributed by atoms with Crippen LogP contribution in [0.4, 0.5) is 0 Å². The molecule has 0 bridgehead atoms. The van der Waals surface area contributed by atoms with E-state index in [1.165, 1.54) is 19.3 Å². The third kappa shape index (κ3) is 17.7. The monoisotopic (exact) mass is 1160 g/mol. The second kappa shape index (κ2) is 32.1. The topological polar surface area (TPSA) is 179 Å². The third-order valence-corrected chi connectivity index (χ3v) is 14.5. The summed E-state index contributed by atoms with van der Waals surface area (Å²) in [7, 11) is 3.08. The maximum Gasteiger partial charge on any atom is 0.343 e. The highest BCUT2D eigenvalue weighted by atomic mass is 17.2. The summed E-state index contributed by atoms with van der Waals surface area (Å²) >= 11 is 0. The first-order valence-corrected chi connectivity index (χ1v) is 28.6. The van der Waals surface area contributed by atoms with E-state index in [9.17, 15) is 19.2 Å². The van der Waals surface area contributed by atoms with Gasteiger partial charge in [-0.05, 0) is 173 Å². The Kier molecular flexibility index (Phi) is 23.4. The largest absolute Gasteiger partial charge is 0.496 e. The molecule has 1 spiro atoms. The van der Waals surface area contributed by atoms with Gasteiger partial charge in [0.25, 0.3) is 0 Å². The number of esters is 4. The Hall–Kier alpha value is -9.12. The molecule has 0 aromatic heterocycles. The predicted octanol–water partition coefficient (Wildman–Crippen LogP) is 13.6. The van der Waals surface area contributed by atoms with Gasteiger partial charge in [-0.25, -0.2) is 19.2 Å². The maximum atomic E-state index is 13.6. The van der Waals surface area contributed by atoms with Crippen molar-refractivity contribution in [2.75, 3.05) is 47.3 Å². The molecular weight excluding hydrogens is 1080 g/mol. The second-order valence-corrected chi connectivity index (χ2v) is 20.2. The average molecular weight is 1160 g/mol. The van der Waals surface area contributed by atoms with Gasteiger partial charge < -0.3 is 47.7 Å². The van der Waals surface area contributed by atoms with E-state index in [4.69, 9.17) is 57.4 Å². The number of unbranched alkanes of at least 4 members (excludes halogenated alkanes) is 6. The van der Waals surface area contributed by atoms with Gasteiger partial charge in [-0.2, -0.15) is 9.78 Å². The number of ether oxygens (including phenoxy) is 8. The fraction of sp³-hybridized carbons (Fsp3) is 0.304. The molecule has 16 nitrogen and oxygen atoms in total. The number of methoxy groups -OCH3 is 2. The van der Waals surface area contributed by atoms with Crippen LogP contribution in [0.3, 0.4) is 0 Å². The standard InChI is InChI=1S/C69H72O16/c1-5-63(70)78-43-13-9-7-11-41-76-55-30-23-49(24-31-55)48-81-84-58-35-26-50(62(47-58)75-4)20-17-45-80-85-60-22-16-19-53-38-40-69(67(53)60)39-37-52-18-15-21-59(66(52)69)83-65(72)36-29-51-25-34-57(46-61(51)74-3)82-68(73)54-27-32-56(33-28-54)77-42-12-8-10-14-44-79-64(71)6-2/h5-6,15-36,46-47H,1-2,7-14,37-45,48H2,3-4H3. The van der Waals surface area contributed by atoms with E-state index in [-0.39, 0.29) is 19.0 Å². The zero-order valence-corrected chi connectivity index (χ0v) is 48.2. The lowest BCUT2D eigenvalue weighted by Crippen LogP contribution is -2.24. The first-order valence-electron chi connectivity index (χ1n) is 28.6. The van der Waals surface area contributed by atoms with E-state index in [2.05, 4.69) is 25.3 Å². The van der Waals surface area contributed by atoms with Crippen LogP contribution in [0.15, 0.2) is 159 Å². The molecule has 1 unspecified atom stereocenters. The highest BCUT2D eigenvalue weighted by Crippen LogP contribution is 2.57. The Morgan fingerprint density at radius 1 is 0.506 bits per heavy atom. The van der Waals surface area contributed by atoms with Gasteiger partial charge in [-0.15, -0.1) is 0 Å². The van der Waals surface area contributed by atoms with Crippen LogP contribution in [0.25, 0.3) is 12.2 Å². The first kappa shape index (κ1) is 61.9. The molecule has 2 aliphatic carbocycles. The quantitative estimate of drug-likeness (QED) is 0.00929. The van der Waals surface area contributed by atoms with E-state index in [0.717, 1.165) is 122 Å². The van der Waals surface area contributed by atoms with Gasteiger partial charge in [0.1, 0.15) is 47.7 Å². The smallest absolute Gasteiger partial charge is 0.343 e. The number of carbonyl (C=O) groups excluding carboxylic acids is 4. The van der Waals surface area contributed by atoms with Crippen molar-refractivity contribution in [2.45, 2.75) is 89.1 Å². The molecule has 2 aliphatic rings. The van der Waals surface area contributed by atoms with Crippen LogP contribution in [-0.2, 0) is 58.5 Å². The van der Waals surface area contributed by atoms with Crippen molar-refractivity contribution >= 4 is 36.0 Å². The summed E-state index contributed by atoms with van der Waals surface area (Å²) in [6, 6.07) is 36.5. The van der Waals surface area contributed by atoms with Crippen molar-refractivity contribution in [3.8, 4) is 46.0 Å². The van der Waals surface area contributed by atoms with E-state index in [1.807, 2.05) is 66.7 Å². The maximum absolute atomic E-state index is 13.6. The average Bonchev–Trinajstić information content (AvgIpc) is 1.63. The van der Waals surface area contributed by atoms with Gasteiger partial charge in [0.2, 0.25) is 0 Å². The lowest BCUT2D eigenvalue weighted by atomic mass is 9.76. The van der Waals surface area contributed by atoms with Gasteiger partial charge in [-0.1, -0.05) is 61.7 Å². The molecule has 0 N–H and O–H groups in total. The molecule has 0 saturated heterocycles. The Morgan fingerprint density at radius 2 is 1.04 bits per heavy atom. The fourth-order valence-corrected chi connectivity index (χ4v) is 10.3. The Bertz CT molecular complexity index is 3290. The number of hydrogen-bond acceptors (Lipinski definition) is 16. The van der Waals surface area contributed by atoms with E-state index >= 15 is 0 Å². The van der Waals surface area contributed by atoms with Crippen LogP contribution in [0.2, 0.25) is 0 Å². The minimum atomic E-state index is -0.568. The molecule has 0 aliphatic heterocycles. The minimum absolute atomic E-state index is 0.140. The normalized spacial score (nSPS) is 13.9. The zero-order valence-electron chi connectivity index (χ0n) is 48.2. The zero-order chi connectivity index (χ0) is 59.6. The molecule has 1 atom stereocenters. The van der Waals surface area contributed by atoms with Crippen LogP contribution < -0.4 is 38.2 Å². The van der Waals surface area contributed by atoms with Crippen molar-refractivity contribution in [1.29, 1.82) is 0 Å². The molecule has 6 aromatic rings. The van der Waals surface area contributed by atoms with E-state index < -0.39 is 29.3 Å². The summed E-state index contributed by atoms with van der Waals surface area (Å²) in [5.41, 5.74) is 6.43. The predicted molar refractivity (Wildman–Crippen MR) is 320 cm³/mol. The first-order chi connectivity index (χ1) is 41.6. The molecule has 8 rings (SSSR count). The number of hydrogen-bond donors (Lipinski definition) is 0. The van der Waals surface area contributed by atoms with Crippen molar-refractivity contribution < 1.29 is 76.6 Å². The molecule has 0 radical (unpaired) electrons. The SMILES string of the molecule is C=CC(=O)OCCCCCCOc1ccc(COOc2ccc(C=CCOOc3cccc4c3C3(CC4)CCc4cccc(OC(=O)C=Cc5ccc(OC(=O)c6ccc(OCCCCCCOC(=O)C=C)cc6)cc5OC)c43)c(OC)c2)cc1. The van der Waals surface area contributed by atoms with Crippen molar-refractivity contribution in [1.82, 2.24) is 0 Å². The van der Waals surface area contributed by atoms with Crippen LogP contribution >= 0.6 is 0 Å². The van der Waals surface area contributed by atoms with Gasteiger partial charge in [-0.3, -0.25) is 0 Å². The summed E-state index contributed by atoms with van der Waals surface area (Å²) in [5.74, 6) is 2.27. The summed E-state index contributed by atoms with van der Waals surface area (Å²) in [4.78, 5) is 72.1. The molecule has 444 valence electrons. The molecular formula is C69H72O16. The molecule has 85 heavy (non-hydrogen) atoms. The molecule has 0 fully saturated rings. The molecule has 0 saturated carbocycles. The van der Waals surface area contributed by atoms with Crippen molar-refractivity contribution in [2.24, 2.45) is 0 Å². The van der Waals surface area contributed by atoms with Crippen LogP contribution in [0, 0.1) is 0 Å². The Labute approximate surface area is 496 Å². The van der Waals surface area contributed by atoms with Crippen molar-refractivity contribution in [3.05, 3.63) is 203 Å². The highest BCUT2D eigenvalue weighted by Gasteiger charge is 2.49. The summed E-state index contributed by atoms with van der Waals surface area (Å²) < 4.78 is 44.8. The third-order valence-electron chi connectivity index (χ3n) is 14.5. The van der Waals surface area contributed by atoms with E-state index in [0.29, 0.717) is 72.1 Å². The number of benzene rings is 6. The molecule has 0 heterocycles. The van der Waals surface area contributed by atoms with Crippen LogP contribution in [0.1, 0.15) is 114 Å². The summed E-state index contributed by atoms with van der Waals surface area (Å²) in [6.45, 7) is 9.03. The molecule has 6 aromatic carbocycles. The van der Waals surface area contributed by atoms with E-state index in [1.54, 1.807) is 67.8 Å². The fourth-order valence-electron chi connectivity index (χ4n) is 10.3. The van der Waals surface area contributed by atoms with Crippen LogP contribution in [0.5, 0.6) is 46.0 Å². The Morgan fingerprint density at radius 3 is 1.64 bits per heavy atom. The second-order valence-electron chi connectivity index (χ2n) is 20.2. The highest BCUT2D eigenvalue weighted by molar-refractivity contribution is 5.92. The number of rotatable bonds is 34. The lowest BCUT2D eigenvalue weighted by Gasteiger charge is -2.29. The van der Waals surface area contributed by atoms with Crippen molar-refractivity contribution in [3.63, 3.8) is 0 Å². The van der Waals surface area contributed by atoms with Crippen LogP contribution in [-0.4, -0.2) is 71.1 Å². The Balaban J connectivity index is 0.792. The number of carbonyl (C=O) groups is 4. The van der Waals surface area contributed by atoms with Gasteiger partial charge >= 0.3 is 23.9 Å². The minimum Gasteiger partial charge on any atom is -0.496 e. The molecule has 16 heteroatoms. The van der Waals surface area contributed by atoms with Gasteiger partial charge in [0.15, 0.2) is 11.5 Å². The lowest BCUT2D eigenvalue weighted by molar-refractivity contribution is -0.217. The van der Waals surface area contributed by atoms with Gasteiger partial charge in [0, 0.05) is 58.0 Å². The van der Waals surface area contributed by atoms with Gasteiger partial charge in [0.05, 0.1) is 46.2 Å². The molecule has 0 amide bonds.